The van der Waals surface area contributed by atoms with Crippen LogP contribution in [0.1, 0.15) is 31.9 Å². The second-order valence-electron chi connectivity index (χ2n) is 5.43. The van der Waals surface area contributed by atoms with E-state index in [0.29, 0.717) is 0 Å². The summed E-state index contributed by atoms with van der Waals surface area (Å²) < 4.78 is 5.94. The lowest BCUT2D eigenvalue weighted by Gasteiger charge is -2.25. The summed E-state index contributed by atoms with van der Waals surface area (Å²) >= 11 is 0. The van der Waals surface area contributed by atoms with E-state index in [4.69, 9.17) is 4.74 Å². The Kier molecular flexibility index (Phi) is 5.01. The molecule has 0 spiro atoms. The number of nitrogens with one attached hydrogen (secondary N) is 1. The van der Waals surface area contributed by atoms with Crippen LogP contribution in [0.5, 0.6) is 5.75 Å². The molecule has 17 heavy (non-hydrogen) atoms. The molecule has 2 nitrogen and oxygen atoms in total. The summed E-state index contributed by atoms with van der Waals surface area (Å²) in [5.41, 5.74) is 2.69. The Morgan fingerprint density at radius 3 is 2.59 bits per heavy atom. The Bertz CT molecular complexity index is 358. The molecular formula is C15H25NO. The van der Waals surface area contributed by atoms with Gasteiger partial charge >= 0.3 is 0 Å². The fraction of sp³-hybridized carbons (Fsp3) is 0.600. The van der Waals surface area contributed by atoms with Gasteiger partial charge in [-0.1, -0.05) is 32.9 Å². The lowest BCUT2D eigenvalue weighted by molar-refractivity contribution is 0.176. The van der Waals surface area contributed by atoms with E-state index in [9.17, 15) is 0 Å². The number of hydrogen-bond donors (Lipinski definition) is 1. The molecule has 1 rings (SSSR count). The van der Waals surface area contributed by atoms with Crippen molar-refractivity contribution in [2.45, 2.75) is 34.6 Å². The number of ether oxygens (including phenoxy) is 1. The first-order valence-corrected chi connectivity index (χ1v) is 6.36. The normalized spacial score (nSPS) is 11.6. The summed E-state index contributed by atoms with van der Waals surface area (Å²) in [6.45, 7) is 13.5. The van der Waals surface area contributed by atoms with E-state index >= 15 is 0 Å². The highest BCUT2D eigenvalue weighted by Gasteiger charge is 2.18. The van der Waals surface area contributed by atoms with Crippen LogP contribution in [0.3, 0.4) is 0 Å². The van der Waals surface area contributed by atoms with Crippen molar-refractivity contribution in [1.29, 1.82) is 0 Å². The third-order valence-corrected chi connectivity index (χ3v) is 3.03. The molecule has 0 aliphatic carbocycles. The van der Waals surface area contributed by atoms with Gasteiger partial charge in [0.05, 0.1) is 6.61 Å². The fourth-order valence-corrected chi connectivity index (χ4v) is 1.67. The molecule has 0 bridgehead atoms. The molecule has 0 amide bonds. The van der Waals surface area contributed by atoms with Gasteiger partial charge in [0.25, 0.3) is 0 Å². The average molecular weight is 235 g/mol. The lowest BCUT2D eigenvalue weighted by atomic mass is 9.95. The topological polar surface area (TPSA) is 21.3 Å². The minimum Gasteiger partial charge on any atom is -0.493 e. The van der Waals surface area contributed by atoms with Crippen LogP contribution in [-0.2, 0) is 0 Å². The smallest absolute Gasteiger partial charge is 0.122 e. The highest BCUT2D eigenvalue weighted by molar-refractivity contribution is 5.38. The van der Waals surface area contributed by atoms with Crippen molar-refractivity contribution < 1.29 is 4.74 Å². The molecule has 0 fully saturated rings. The lowest BCUT2D eigenvalue weighted by Crippen LogP contribution is -2.34. The molecule has 0 aromatic heterocycles. The molecule has 96 valence electrons. The first-order valence-electron chi connectivity index (χ1n) is 6.36. The summed E-state index contributed by atoms with van der Waals surface area (Å²) in [5, 5.41) is 3.37. The number of hydrogen-bond acceptors (Lipinski definition) is 2. The molecule has 0 aliphatic heterocycles. The van der Waals surface area contributed by atoms with Crippen LogP contribution in [0.4, 0.5) is 0 Å². The Morgan fingerprint density at radius 2 is 1.94 bits per heavy atom. The predicted octanol–water partition coefficient (Wildman–Crippen LogP) is 3.32. The molecule has 0 saturated carbocycles. The van der Waals surface area contributed by atoms with Gasteiger partial charge < -0.3 is 10.1 Å². The zero-order valence-corrected chi connectivity index (χ0v) is 11.8. The minimum absolute atomic E-state index is 0.159. The monoisotopic (exact) mass is 235 g/mol. The van der Waals surface area contributed by atoms with Gasteiger partial charge in [-0.15, -0.1) is 0 Å². The molecule has 0 heterocycles. The fourth-order valence-electron chi connectivity index (χ4n) is 1.67. The summed E-state index contributed by atoms with van der Waals surface area (Å²) in [6.07, 6.45) is 0. The second kappa shape index (κ2) is 6.06. The molecule has 0 radical (unpaired) electrons. The van der Waals surface area contributed by atoms with Crippen molar-refractivity contribution in [2.24, 2.45) is 5.41 Å². The molecule has 2 heteroatoms. The Labute approximate surface area is 105 Å². The van der Waals surface area contributed by atoms with Gasteiger partial charge in [-0.25, -0.2) is 0 Å². The summed E-state index contributed by atoms with van der Waals surface area (Å²) in [5.74, 6) is 1.01. The molecule has 0 atom stereocenters. The highest BCUT2D eigenvalue weighted by atomic mass is 16.5. The highest BCUT2D eigenvalue weighted by Crippen LogP contribution is 2.23. The molecule has 1 aromatic carbocycles. The van der Waals surface area contributed by atoms with Gasteiger partial charge in [-0.2, -0.15) is 0 Å². The molecule has 0 aliphatic rings. The van der Waals surface area contributed by atoms with E-state index in [1.165, 1.54) is 11.1 Å². The van der Waals surface area contributed by atoms with Gasteiger partial charge in [0.1, 0.15) is 5.75 Å². The summed E-state index contributed by atoms with van der Waals surface area (Å²) in [7, 11) is 0. The van der Waals surface area contributed by atoms with E-state index in [0.717, 1.165) is 25.4 Å². The van der Waals surface area contributed by atoms with Gasteiger partial charge in [0.2, 0.25) is 0 Å². The van der Waals surface area contributed by atoms with Crippen LogP contribution in [-0.4, -0.2) is 19.7 Å². The van der Waals surface area contributed by atoms with Crippen LogP contribution in [0.2, 0.25) is 0 Å². The van der Waals surface area contributed by atoms with E-state index in [1.54, 1.807) is 0 Å². The minimum atomic E-state index is 0.159. The Balaban J connectivity index is 2.58. The molecule has 0 saturated heterocycles. The second-order valence-corrected chi connectivity index (χ2v) is 5.43. The molecule has 0 unspecified atom stereocenters. The SMILES string of the molecule is CCNCC(C)(C)COc1cccc(C)c1C. The Morgan fingerprint density at radius 1 is 1.24 bits per heavy atom. The van der Waals surface area contributed by atoms with Crippen molar-refractivity contribution in [3.8, 4) is 5.75 Å². The van der Waals surface area contributed by atoms with Gasteiger partial charge in [-0.3, -0.25) is 0 Å². The Hall–Kier alpha value is -1.02. The van der Waals surface area contributed by atoms with E-state index in [1.807, 2.05) is 6.07 Å². The van der Waals surface area contributed by atoms with Crippen LogP contribution >= 0.6 is 0 Å². The van der Waals surface area contributed by atoms with Crippen molar-refractivity contribution >= 4 is 0 Å². The third kappa shape index (κ3) is 4.39. The van der Waals surface area contributed by atoms with Gasteiger partial charge in [0, 0.05) is 12.0 Å². The van der Waals surface area contributed by atoms with Gasteiger partial charge in [0.15, 0.2) is 0 Å². The standard InChI is InChI=1S/C15H25NO/c1-6-16-10-15(4,5)11-17-14-9-7-8-12(2)13(14)3/h7-9,16H,6,10-11H2,1-5H3. The third-order valence-electron chi connectivity index (χ3n) is 3.03. The van der Waals surface area contributed by atoms with E-state index in [-0.39, 0.29) is 5.41 Å². The largest absolute Gasteiger partial charge is 0.493 e. The van der Waals surface area contributed by atoms with Gasteiger partial charge in [-0.05, 0) is 37.6 Å². The maximum Gasteiger partial charge on any atom is 0.122 e. The van der Waals surface area contributed by atoms with Crippen LogP contribution in [0.15, 0.2) is 18.2 Å². The van der Waals surface area contributed by atoms with Crippen LogP contribution < -0.4 is 10.1 Å². The van der Waals surface area contributed by atoms with Crippen molar-refractivity contribution in [1.82, 2.24) is 5.32 Å². The number of aryl methyl sites for hydroxylation is 1. The maximum atomic E-state index is 5.94. The van der Waals surface area contributed by atoms with E-state index < -0.39 is 0 Å². The molecular weight excluding hydrogens is 210 g/mol. The van der Waals surface area contributed by atoms with Crippen LogP contribution in [0.25, 0.3) is 0 Å². The quantitative estimate of drug-likeness (QED) is 0.816. The average Bonchev–Trinajstić information content (AvgIpc) is 2.29. The van der Waals surface area contributed by atoms with Crippen LogP contribution in [0, 0.1) is 19.3 Å². The number of benzene rings is 1. The first-order chi connectivity index (χ1) is 7.96. The molecule has 1 N–H and O–H groups in total. The maximum absolute atomic E-state index is 5.94. The van der Waals surface area contributed by atoms with Crippen molar-refractivity contribution in [3.05, 3.63) is 29.3 Å². The summed E-state index contributed by atoms with van der Waals surface area (Å²) in [4.78, 5) is 0. The molecule has 1 aromatic rings. The zero-order chi connectivity index (χ0) is 12.9. The first kappa shape index (κ1) is 14.0. The van der Waals surface area contributed by atoms with E-state index in [2.05, 4.69) is 52.1 Å². The van der Waals surface area contributed by atoms with Crippen molar-refractivity contribution in [3.63, 3.8) is 0 Å². The number of rotatable bonds is 6. The summed E-state index contributed by atoms with van der Waals surface area (Å²) in [6, 6.07) is 6.21. The van der Waals surface area contributed by atoms with Crippen molar-refractivity contribution in [2.75, 3.05) is 19.7 Å². The predicted molar refractivity (Wildman–Crippen MR) is 73.7 cm³/mol. The zero-order valence-electron chi connectivity index (χ0n) is 11.8.